The minimum atomic E-state index is -0.394. The van der Waals surface area contributed by atoms with Crippen molar-refractivity contribution in [3.8, 4) is 16.9 Å². The van der Waals surface area contributed by atoms with E-state index in [-0.39, 0.29) is 18.7 Å². The molecule has 1 aliphatic rings. The van der Waals surface area contributed by atoms with E-state index in [1.165, 1.54) is 6.33 Å². The zero-order chi connectivity index (χ0) is 26.3. The summed E-state index contributed by atoms with van der Waals surface area (Å²) in [5, 5.41) is 3.81. The van der Waals surface area contributed by atoms with Crippen LogP contribution >= 0.6 is 0 Å². The number of carbonyl (C=O) groups excluding carboxylic acids is 1. The fourth-order valence-corrected chi connectivity index (χ4v) is 5.02. The van der Waals surface area contributed by atoms with Crippen molar-refractivity contribution < 1.29 is 19.0 Å². The number of alkyl carbamates (subject to hydrolysis) is 1. The molecular weight excluding hydrogens is 482 g/mol. The summed E-state index contributed by atoms with van der Waals surface area (Å²) < 4.78 is 18.4. The van der Waals surface area contributed by atoms with Crippen LogP contribution in [0.1, 0.15) is 37.3 Å². The van der Waals surface area contributed by atoms with Crippen molar-refractivity contribution in [3.05, 3.63) is 72.7 Å². The number of nitrogens with zero attached hydrogens (tertiary/aromatic N) is 3. The molecule has 198 valence electrons. The molecule has 0 atom stereocenters. The molecule has 2 aromatic heterocycles. The van der Waals surface area contributed by atoms with Gasteiger partial charge in [0.2, 0.25) is 0 Å². The van der Waals surface area contributed by atoms with Crippen molar-refractivity contribution in [2.45, 2.75) is 44.4 Å². The first kappa shape index (κ1) is 25.5. The molecule has 3 N–H and O–H groups in total. The van der Waals surface area contributed by atoms with Gasteiger partial charge in [-0.15, -0.1) is 0 Å². The fourth-order valence-electron chi connectivity index (χ4n) is 5.02. The van der Waals surface area contributed by atoms with Crippen LogP contribution in [-0.4, -0.2) is 47.0 Å². The Kier molecular flexibility index (Phi) is 8.04. The highest BCUT2D eigenvalue weighted by Crippen LogP contribution is 2.38. The van der Waals surface area contributed by atoms with Gasteiger partial charge in [-0.25, -0.2) is 14.8 Å². The van der Waals surface area contributed by atoms with E-state index < -0.39 is 6.09 Å². The van der Waals surface area contributed by atoms with E-state index in [1.807, 2.05) is 48.5 Å². The van der Waals surface area contributed by atoms with Gasteiger partial charge in [-0.2, -0.15) is 0 Å². The number of nitrogens with one attached hydrogen (secondary N) is 1. The van der Waals surface area contributed by atoms with Crippen LogP contribution in [0.4, 0.5) is 10.6 Å². The lowest BCUT2D eigenvalue weighted by Crippen LogP contribution is -2.38. The molecule has 0 spiro atoms. The van der Waals surface area contributed by atoms with Crippen LogP contribution in [0.3, 0.4) is 0 Å². The molecule has 1 aliphatic carbocycles. The number of hydrogen-bond donors (Lipinski definition) is 2. The Morgan fingerprint density at radius 1 is 1.05 bits per heavy atom. The average molecular weight is 516 g/mol. The predicted octanol–water partition coefficient (Wildman–Crippen LogP) is 5.12. The second-order valence-electron chi connectivity index (χ2n) is 9.49. The molecule has 0 bridgehead atoms. The largest absolute Gasteiger partial charge is 0.489 e. The van der Waals surface area contributed by atoms with E-state index in [1.54, 1.807) is 7.11 Å². The summed E-state index contributed by atoms with van der Waals surface area (Å²) in [5.74, 6) is 1.24. The number of benzene rings is 2. The van der Waals surface area contributed by atoms with E-state index in [2.05, 4.69) is 32.1 Å². The molecule has 2 heterocycles. The maximum absolute atomic E-state index is 12.0. The second kappa shape index (κ2) is 12.0. The number of rotatable bonds is 9. The number of anilines is 1. The molecule has 9 heteroatoms. The summed E-state index contributed by atoms with van der Waals surface area (Å²) in [4.78, 5) is 20.9. The summed E-state index contributed by atoms with van der Waals surface area (Å²) in [6, 6.07) is 18.4. The van der Waals surface area contributed by atoms with Crippen LogP contribution in [-0.2, 0) is 16.1 Å². The lowest BCUT2D eigenvalue weighted by molar-refractivity contribution is 0.0945. The van der Waals surface area contributed by atoms with Crippen LogP contribution in [0.5, 0.6) is 5.75 Å². The van der Waals surface area contributed by atoms with Crippen LogP contribution in [0, 0.1) is 0 Å². The van der Waals surface area contributed by atoms with Gasteiger partial charge in [-0.05, 0) is 48.9 Å². The maximum Gasteiger partial charge on any atom is 0.407 e. The minimum Gasteiger partial charge on any atom is -0.489 e. The van der Waals surface area contributed by atoms with Crippen LogP contribution < -0.4 is 15.8 Å². The molecule has 1 saturated carbocycles. The molecule has 0 saturated heterocycles. The van der Waals surface area contributed by atoms with Gasteiger partial charge in [-0.1, -0.05) is 42.5 Å². The molecule has 9 nitrogen and oxygen atoms in total. The molecular formula is C29H33N5O4. The first-order chi connectivity index (χ1) is 18.6. The minimum absolute atomic E-state index is 0.0840. The standard InChI is InChI=1S/C29H33N5O4/c1-36-14-15-37-29(35)33-22-10-12-23(13-11-22)34-17-25(26-27(30)31-19-32-28(26)34)21-8-5-9-24(16-21)38-18-20-6-3-2-4-7-20/h2-9,16-17,19,22-23H,10-15,18H2,1H3,(H,33,35)(H2,30,31,32)/t22-,23+. The van der Waals surface area contributed by atoms with Gasteiger partial charge in [0.25, 0.3) is 0 Å². The maximum atomic E-state index is 12.0. The third-order valence-corrected chi connectivity index (χ3v) is 6.96. The summed E-state index contributed by atoms with van der Waals surface area (Å²) in [7, 11) is 1.58. The molecule has 0 unspecified atom stereocenters. The smallest absolute Gasteiger partial charge is 0.407 e. The van der Waals surface area contributed by atoms with E-state index in [4.69, 9.17) is 19.9 Å². The van der Waals surface area contributed by atoms with Crippen molar-refractivity contribution >= 4 is 22.9 Å². The highest BCUT2D eigenvalue weighted by atomic mass is 16.6. The number of methoxy groups -OCH3 is 1. The summed E-state index contributed by atoms with van der Waals surface area (Å²) in [6.07, 6.45) is 6.75. The second-order valence-corrected chi connectivity index (χ2v) is 9.49. The SMILES string of the molecule is COCCOC(=O)N[C@H]1CC[C@@H](n2cc(-c3cccc(OCc4ccccc4)c3)c3c(N)ncnc32)CC1. The van der Waals surface area contributed by atoms with Gasteiger partial charge >= 0.3 is 6.09 Å². The molecule has 0 radical (unpaired) electrons. The molecule has 5 rings (SSSR count). The van der Waals surface area contributed by atoms with Crippen LogP contribution in [0.15, 0.2) is 67.1 Å². The first-order valence-electron chi connectivity index (χ1n) is 12.9. The molecule has 4 aromatic rings. The lowest BCUT2D eigenvalue weighted by Gasteiger charge is -2.30. The summed E-state index contributed by atoms with van der Waals surface area (Å²) >= 11 is 0. The Hall–Kier alpha value is -4.11. The van der Waals surface area contributed by atoms with Gasteiger partial charge in [0, 0.05) is 31.0 Å². The lowest BCUT2D eigenvalue weighted by atomic mass is 9.91. The van der Waals surface area contributed by atoms with Crippen LogP contribution in [0.25, 0.3) is 22.2 Å². The Balaban J connectivity index is 1.33. The fraction of sp³-hybridized carbons (Fsp3) is 0.345. The van der Waals surface area contributed by atoms with E-state index in [0.29, 0.717) is 19.0 Å². The predicted molar refractivity (Wildman–Crippen MR) is 146 cm³/mol. The Bertz CT molecular complexity index is 1370. The third-order valence-electron chi connectivity index (χ3n) is 6.96. The number of carbonyl (C=O) groups is 1. The Morgan fingerprint density at radius 3 is 2.66 bits per heavy atom. The van der Waals surface area contributed by atoms with E-state index in [0.717, 1.165) is 59.2 Å². The summed E-state index contributed by atoms with van der Waals surface area (Å²) in [6.45, 7) is 1.13. The van der Waals surface area contributed by atoms with Gasteiger partial charge in [0.05, 0.1) is 12.0 Å². The normalized spacial score (nSPS) is 17.3. The van der Waals surface area contributed by atoms with Crippen molar-refractivity contribution in [2.24, 2.45) is 0 Å². The first-order valence-corrected chi connectivity index (χ1v) is 12.9. The quantitative estimate of drug-likeness (QED) is 0.298. The number of fused-ring (bicyclic) bond motifs is 1. The monoisotopic (exact) mass is 515 g/mol. The number of hydrogen-bond acceptors (Lipinski definition) is 7. The highest BCUT2D eigenvalue weighted by molar-refractivity contribution is 6.00. The zero-order valence-electron chi connectivity index (χ0n) is 21.5. The van der Waals surface area contributed by atoms with E-state index in [9.17, 15) is 4.79 Å². The third kappa shape index (κ3) is 5.89. The zero-order valence-corrected chi connectivity index (χ0v) is 21.5. The van der Waals surface area contributed by atoms with Crippen molar-refractivity contribution in [3.63, 3.8) is 0 Å². The average Bonchev–Trinajstić information content (AvgIpc) is 3.34. The van der Waals surface area contributed by atoms with E-state index >= 15 is 0 Å². The number of ether oxygens (including phenoxy) is 3. The Morgan fingerprint density at radius 2 is 1.87 bits per heavy atom. The number of nitrogens with two attached hydrogens (primary N) is 1. The highest BCUT2D eigenvalue weighted by Gasteiger charge is 2.27. The topological polar surface area (TPSA) is 114 Å². The molecule has 0 aliphatic heterocycles. The number of amides is 1. The summed E-state index contributed by atoms with van der Waals surface area (Å²) in [5.41, 5.74) is 10.3. The van der Waals surface area contributed by atoms with Crippen molar-refractivity contribution in [1.82, 2.24) is 19.9 Å². The number of aromatic nitrogens is 3. The molecule has 1 amide bonds. The number of nitrogen functional groups attached to an aromatic ring is 1. The molecule has 2 aromatic carbocycles. The van der Waals surface area contributed by atoms with Gasteiger partial charge in [0.15, 0.2) is 0 Å². The van der Waals surface area contributed by atoms with Crippen molar-refractivity contribution in [1.29, 1.82) is 0 Å². The van der Waals surface area contributed by atoms with Crippen molar-refractivity contribution in [2.75, 3.05) is 26.1 Å². The van der Waals surface area contributed by atoms with Gasteiger partial charge < -0.3 is 29.8 Å². The molecule has 1 fully saturated rings. The van der Waals surface area contributed by atoms with Gasteiger partial charge in [-0.3, -0.25) is 0 Å². The van der Waals surface area contributed by atoms with Gasteiger partial charge in [0.1, 0.15) is 36.8 Å². The van der Waals surface area contributed by atoms with Crippen LogP contribution in [0.2, 0.25) is 0 Å². The Labute approximate surface area is 221 Å². The molecule has 38 heavy (non-hydrogen) atoms.